The molecule has 184 valence electrons. The molecule has 1 saturated carbocycles. The zero-order valence-corrected chi connectivity index (χ0v) is 18.5. The normalized spacial score (nSPS) is 19.9. The van der Waals surface area contributed by atoms with Gasteiger partial charge in [0.15, 0.2) is 0 Å². The summed E-state index contributed by atoms with van der Waals surface area (Å²) >= 11 is 0. The van der Waals surface area contributed by atoms with Crippen LogP contribution in [0.1, 0.15) is 47.2 Å². The molecule has 1 aliphatic carbocycles. The van der Waals surface area contributed by atoms with Crippen molar-refractivity contribution in [3.63, 3.8) is 0 Å². The van der Waals surface area contributed by atoms with E-state index in [1.165, 1.54) is 34.1 Å². The van der Waals surface area contributed by atoms with Crippen LogP contribution in [-0.4, -0.2) is 42.3 Å². The second-order valence-electron chi connectivity index (χ2n) is 8.42. The molecule has 0 bridgehead atoms. The Morgan fingerprint density at radius 3 is 2.23 bits per heavy atom. The number of urea groups is 1. The number of carbonyl (C=O) groups excluding carboxylic acids is 2. The van der Waals surface area contributed by atoms with Crippen molar-refractivity contribution in [2.75, 3.05) is 23.0 Å². The molecular weight excluding hydrogens is 468 g/mol. The summed E-state index contributed by atoms with van der Waals surface area (Å²) < 4.78 is 55.4. The smallest absolute Gasteiger partial charge is 0.395 e. The first-order valence-electron chi connectivity index (χ1n) is 11.1. The van der Waals surface area contributed by atoms with Gasteiger partial charge in [-0.05, 0) is 49.2 Å². The van der Waals surface area contributed by atoms with Gasteiger partial charge in [-0.2, -0.15) is 18.4 Å². The number of amides is 3. The van der Waals surface area contributed by atoms with E-state index in [1.807, 2.05) is 0 Å². The van der Waals surface area contributed by atoms with E-state index in [0.29, 0.717) is 12.8 Å². The summed E-state index contributed by atoms with van der Waals surface area (Å²) in [5.41, 5.74) is -1.72. The largest absolute Gasteiger partial charge is 0.417 e. The van der Waals surface area contributed by atoms with Gasteiger partial charge in [0, 0.05) is 17.9 Å². The van der Waals surface area contributed by atoms with Crippen LogP contribution in [0.25, 0.3) is 0 Å². The highest BCUT2D eigenvalue weighted by Crippen LogP contribution is 2.42. The lowest BCUT2D eigenvalue weighted by atomic mass is 9.89. The maximum absolute atomic E-state index is 14.8. The van der Waals surface area contributed by atoms with Crippen molar-refractivity contribution >= 4 is 23.3 Å². The fraction of sp³-hybridized carbons (Fsp3) is 0.375. The third-order valence-corrected chi connectivity index (χ3v) is 6.35. The molecule has 0 aromatic heterocycles. The first kappa shape index (κ1) is 24.5. The Balaban J connectivity index is 1.72. The van der Waals surface area contributed by atoms with Crippen LogP contribution in [0, 0.1) is 17.1 Å². The minimum atomic E-state index is -4.77. The van der Waals surface area contributed by atoms with Gasteiger partial charge in [-0.3, -0.25) is 14.6 Å². The number of nitrogens with zero attached hydrogens (tertiary/aromatic N) is 3. The molecule has 1 aliphatic heterocycles. The summed E-state index contributed by atoms with van der Waals surface area (Å²) in [6.45, 7) is -0.355. The number of nitriles is 1. The Kier molecular flexibility index (Phi) is 6.67. The van der Waals surface area contributed by atoms with Gasteiger partial charge in [-0.1, -0.05) is 12.8 Å². The fourth-order valence-electron chi connectivity index (χ4n) is 4.81. The SMILES string of the molecule is N#Cc1ccc(N2C(=O)N(c3ccc(C(=O)NCCO)c(F)c3)C3CCCCC32)cc1C(F)(F)F. The van der Waals surface area contributed by atoms with E-state index in [-0.39, 0.29) is 30.1 Å². The van der Waals surface area contributed by atoms with E-state index in [9.17, 15) is 27.2 Å². The van der Waals surface area contributed by atoms with Crippen molar-refractivity contribution in [3.05, 3.63) is 58.9 Å². The highest BCUT2D eigenvalue weighted by Gasteiger charge is 2.48. The third kappa shape index (κ3) is 4.53. The number of benzene rings is 2. The fourth-order valence-corrected chi connectivity index (χ4v) is 4.81. The van der Waals surface area contributed by atoms with Gasteiger partial charge in [0.2, 0.25) is 0 Å². The topological polar surface area (TPSA) is 96.7 Å². The molecule has 1 heterocycles. The number of hydrogen-bond donors (Lipinski definition) is 2. The summed E-state index contributed by atoms with van der Waals surface area (Å²) in [4.78, 5) is 28.3. The number of anilines is 2. The number of aliphatic hydroxyl groups is 1. The lowest BCUT2D eigenvalue weighted by molar-refractivity contribution is -0.137. The van der Waals surface area contributed by atoms with Gasteiger partial charge in [-0.25, -0.2) is 9.18 Å². The summed E-state index contributed by atoms with van der Waals surface area (Å²) in [5.74, 6) is -1.58. The summed E-state index contributed by atoms with van der Waals surface area (Å²) in [6, 6.07) is 6.99. The van der Waals surface area contributed by atoms with Gasteiger partial charge in [0.05, 0.1) is 41.5 Å². The Labute approximate surface area is 198 Å². The number of hydrogen-bond acceptors (Lipinski definition) is 4. The van der Waals surface area contributed by atoms with Gasteiger partial charge < -0.3 is 10.4 Å². The molecule has 11 heteroatoms. The molecule has 2 unspecified atom stereocenters. The minimum absolute atomic E-state index is 0.0150. The van der Waals surface area contributed by atoms with Gasteiger partial charge in [-0.15, -0.1) is 0 Å². The number of rotatable bonds is 5. The van der Waals surface area contributed by atoms with Crippen LogP contribution in [-0.2, 0) is 6.18 Å². The van der Waals surface area contributed by atoms with Crippen molar-refractivity contribution in [3.8, 4) is 6.07 Å². The van der Waals surface area contributed by atoms with Crippen molar-refractivity contribution in [1.29, 1.82) is 5.26 Å². The number of alkyl halides is 3. The summed E-state index contributed by atoms with van der Waals surface area (Å²) in [5, 5.41) is 20.3. The summed E-state index contributed by atoms with van der Waals surface area (Å²) in [7, 11) is 0. The monoisotopic (exact) mass is 490 g/mol. The molecular formula is C24H22F4N4O3. The molecule has 2 N–H and O–H groups in total. The number of carbonyl (C=O) groups is 2. The molecule has 35 heavy (non-hydrogen) atoms. The number of fused-ring (bicyclic) bond motifs is 1. The average Bonchev–Trinajstić information content (AvgIpc) is 3.13. The molecule has 2 aliphatic rings. The minimum Gasteiger partial charge on any atom is -0.395 e. The van der Waals surface area contributed by atoms with E-state index in [4.69, 9.17) is 10.4 Å². The predicted octanol–water partition coefficient (Wildman–Crippen LogP) is 4.20. The maximum Gasteiger partial charge on any atom is 0.417 e. The highest BCUT2D eigenvalue weighted by atomic mass is 19.4. The molecule has 4 rings (SSSR count). The van der Waals surface area contributed by atoms with Crippen molar-refractivity contribution in [2.45, 2.75) is 43.9 Å². The van der Waals surface area contributed by atoms with Crippen molar-refractivity contribution < 1.29 is 32.3 Å². The first-order valence-corrected chi connectivity index (χ1v) is 11.1. The second-order valence-corrected chi connectivity index (χ2v) is 8.42. The number of nitrogens with one attached hydrogen (secondary N) is 1. The van der Waals surface area contributed by atoms with Crippen LogP contribution in [0.4, 0.5) is 33.7 Å². The quantitative estimate of drug-likeness (QED) is 0.614. The van der Waals surface area contributed by atoms with Crippen molar-refractivity contribution in [2.24, 2.45) is 0 Å². The predicted molar refractivity (Wildman–Crippen MR) is 118 cm³/mol. The van der Waals surface area contributed by atoms with E-state index in [0.717, 1.165) is 31.0 Å². The molecule has 1 saturated heterocycles. The van der Waals surface area contributed by atoms with Crippen LogP contribution >= 0.6 is 0 Å². The molecule has 2 aromatic rings. The van der Waals surface area contributed by atoms with Crippen LogP contribution in [0.2, 0.25) is 0 Å². The van der Waals surface area contributed by atoms with Crippen LogP contribution in [0.3, 0.4) is 0 Å². The van der Waals surface area contributed by atoms with Crippen molar-refractivity contribution in [1.82, 2.24) is 5.32 Å². The maximum atomic E-state index is 14.8. The van der Waals surface area contributed by atoms with E-state index < -0.39 is 47.1 Å². The van der Waals surface area contributed by atoms with Crippen LogP contribution < -0.4 is 15.1 Å². The second kappa shape index (κ2) is 9.54. The molecule has 0 radical (unpaired) electrons. The van der Waals surface area contributed by atoms with E-state index >= 15 is 0 Å². The Morgan fingerprint density at radius 1 is 1.09 bits per heavy atom. The number of aliphatic hydroxyl groups excluding tert-OH is 1. The van der Waals surface area contributed by atoms with Gasteiger partial charge in [0.25, 0.3) is 5.91 Å². The van der Waals surface area contributed by atoms with E-state index in [1.54, 1.807) is 0 Å². The summed E-state index contributed by atoms with van der Waals surface area (Å²) in [6.07, 6.45) is -2.07. The highest BCUT2D eigenvalue weighted by molar-refractivity contribution is 6.08. The molecule has 2 fully saturated rings. The van der Waals surface area contributed by atoms with Gasteiger partial charge >= 0.3 is 12.2 Å². The molecule has 7 nitrogen and oxygen atoms in total. The zero-order valence-electron chi connectivity index (χ0n) is 18.5. The van der Waals surface area contributed by atoms with Crippen LogP contribution in [0.15, 0.2) is 36.4 Å². The first-order chi connectivity index (χ1) is 16.7. The Morgan fingerprint density at radius 2 is 1.69 bits per heavy atom. The molecule has 2 atom stereocenters. The number of halogens is 4. The third-order valence-electron chi connectivity index (χ3n) is 6.35. The van der Waals surface area contributed by atoms with Crippen LogP contribution in [0.5, 0.6) is 0 Å². The Hall–Kier alpha value is -3.65. The molecule has 0 spiro atoms. The Bertz CT molecular complexity index is 1190. The zero-order chi connectivity index (χ0) is 25.3. The lowest BCUT2D eigenvalue weighted by Gasteiger charge is -2.32. The standard InChI is InChI=1S/C24H22F4N4O3/c25-19-12-16(7-8-17(19)22(34)30-9-10-33)32-21-4-2-1-3-20(21)31(23(32)35)15-6-5-14(13-29)18(11-15)24(26,27)28/h5-8,11-12,20-21,33H,1-4,9-10H2,(H,30,34). The molecule has 2 aromatic carbocycles. The average molecular weight is 490 g/mol. The molecule has 3 amide bonds. The lowest BCUT2D eigenvalue weighted by Crippen LogP contribution is -2.40. The van der Waals surface area contributed by atoms with E-state index in [2.05, 4.69) is 5.32 Å². The van der Waals surface area contributed by atoms with Gasteiger partial charge in [0.1, 0.15) is 5.82 Å².